The molecule has 240 valence electrons. The summed E-state index contributed by atoms with van der Waals surface area (Å²) >= 11 is 0. The summed E-state index contributed by atoms with van der Waals surface area (Å²) in [5, 5.41) is 4.81. The second-order valence-electron chi connectivity index (χ2n) is 13.0. The van der Waals surface area contributed by atoms with Crippen LogP contribution in [0.4, 0.5) is 17.1 Å². The van der Waals surface area contributed by atoms with Crippen LogP contribution >= 0.6 is 0 Å². The molecule has 3 nitrogen and oxygen atoms in total. The van der Waals surface area contributed by atoms with Gasteiger partial charge in [0.05, 0.1) is 11.0 Å². The topological polar surface area (TPSA) is 21.3 Å². The van der Waals surface area contributed by atoms with Crippen molar-refractivity contribution in [1.82, 2.24) is 4.57 Å². The van der Waals surface area contributed by atoms with Crippen molar-refractivity contribution in [2.45, 2.75) is 0 Å². The first-order chi connectivity index (χ1) is 25.3. The molecule has 0 unspecified atom stereocenters. The van der Waals surface area contributed by atoms with E-state index >= 15 is 0 Å². The lowest BCUT2D eigenvalue weighted by Crippen LogP contribution is -2.09. The average molecular weight is 653 g/mol. The van der Waals surface area contributed by atoms with Crippen molar-refractivity contribution in [2.24, 2.45) is 0 Å². The van der Waals surface area contributed by atoms with Gasteiger partial charge in [-0.25, -0.2) is 0 Å². The van der Waals surface area contributed by atoms with Gasteiger partial charge in [0.15, 0.2) is 0 Å². The van der Waals surface area contributed by atoms with E-state index in [9.17, 15) is 0 Å². The number of furan rings is 1. The molecule has 0 aliphatic heterocycles. The summed E-state index contributed by atoms with van der Waals surface area (Å²) < 4.78 is 8.61. The van der Waals surface area contributed by atoms with Gasteiger partial charge in [-0.1, -0.05) is 115 Å². The number of rotatable bonds is 6. The molecule has 0 aliphatic carbocycles. The van der Waals surface area contributed by atoms with Crippen LogP contribution in [0.15, 0.2) is 199 Å². The zero-order valence-electron chi connectivity index (χ0n) is 27.8. The Kier molecular flexibility index (Phi) is 6.81. The lowest BCUT2D eigenvalue weighted by Gasteiger charge is -2.26. The normalized spacial score (nSPS) is 11.5. The highest BCUT2D eigenvalue weighted by molar-refractivity contribution is 6.09. The Labute approximate surface area is 295 Å². The summed E-state index contributed by atoms with van der Waals surface area (Å²) in [6.45, 7) is 0. The molecule has 0 spiro atoms. The number of para-hydroxylation sites is 4. The third-order valence-corrected chi connectivity index (χ3v) is 9.97. The van der Waals surface area contributed by atoms with Crippen LogP contribution in [0, 0.1) is 0 Å². The molecule has 0 fully saturated rings. The van der Waals surface area contributed by atoms with Gasteiger partial charge in [0, 0.05) is 44.3 Å². The Morgan fingerprint density at radius 2 is 0.882 bits per heavy atom. The van der Waals surface area contributed by atoms with Gasteiger partial charge in [0.2, 0.25) is 0 Å². The highest BCUT2D eigenvalue weighted by Crippen LogP contribution is 2.39. The van der Waals surface area contributed by atoms with Crippen LogP contribution in [-0.2, 0) is 0 Å². The number of anilines is 3. The largest absolute Gasteiger partial charge is 0.456 e. The van der Waals surface area contributed by atoms with E-state index in [0.29, 0.717) is 0 Å². The SMILES string of the molecule is c1ccc(N(c2ccc(-c3cccc(-n4c5ccccc5c5ccccc54)c3)cc2)c2cccc(-c3ccc4c(c3)oc3ccccc34)c2)cc1. The zero-order valence-corrected chi connectivity index (χ0v) is 27.8. The van der Waals surface area contributed by atoms with E-state index in [-0.39, 0.29) is 0 Å². The molecular formula is C48H32N2O. The number of hydrogen-bond acceptors (Lipinski definition) is 2. The summed E-state index contributed by atoms with van der Waals surface area (Å²) in [6, 6.07) is 69.2. The molecule has 0 aliphatic rings. The fourth-order valence-electron chi connectivity index (χ4n) is 7.58. The van der Waals surface area contributed by atoms with Crippen molar-refractivity contribution in [3.8, 4) is 27.9 Å². The van der Waals surface area contributed by atoms with Gasteiger partial charge < -0.3 is 13.9 Å². The summed E-state index contributed by atoms with van der Waals surface area (Å²) in [5.74, 6) is 0. The highest BCUT2D eigenvalue weighted by atomic mass is 16.3. The average Bonchev–Trinajstić information content (AvgIpc) is 3.74. The first-order valence-electron chi connectivity index (χ1n) is 17.3. The molecule has 8 aromatic carbocycles. The molecule has 10 aromatic rings. The van der Waals surface area contributed by atoms with Gasteiger partial charge in [0.25, 0.3) is 0 Å². The van der Waals surface area contributed by atoms with Gasteiger partial charge in [-0.05, 0) is 101 Å². The van der Waals surface area contributed by atoms with E-state index in [2.05, 4.69) is 191 Å². The van der Waals surface area contributed by atoms with Crippen LogP contribution in [0.1, 0.15) is 0 Å². The molecule has 0 amide bonds. The van der Waals surface area contributed by atoms with Crippen LogP contribution in [0.5, 0.6) is 0 Å². The fourth-order valence-corrected chi connectivity index (χ4v) is 7.58. The van der Waals surface area contributed by atoms with Crippen LogP contribution in [0.2, 0.25) is 0 Å². The van der Waals surface area contributed by atoms with Crippen LogP contribution in [-0.4, -0.2) is 4.57 Å². The molecule has 10 rings (SSSR count). The molecule has 51 heavy (non-hydrogen) atoms. The molecule has 0 atom stereocenters. The van der Waals surface area contributed by atoms with E-state index in [0.717, 1.165) is 55.8 Å². The van der Waals surface area contributed by atoms with E-state index < -0.39 is 0 Å². The van der Waals surface area contributed by atoms with Gasteiger partial charge in [-0.15, -0.1) is 0 Å². The minimum Gasteiger partial charge on any atom is -0.456 e. The predicted octanol–water partition coefficient (Wildman–Crippen LogP) is 13.5. The van der Waals surface area contributed by atoms with Crippen LogP contribution < -0.4 is 4.90 Å². The Balaban J connectivity index is 1.02. The van der Waals surface area contributed by atoms with Crippen molar-refractivity contribution in [2.75, 3.05) is 4.90 Å². The zero-order chi connectivity index (χ0) is 33.7. The molecule has 0 saturated carbocycles. The van der Waals surface area contributed by atoms with Crippen molar-refractivity contribution in [3.63, 3.8) is 0 Å². The third kappa shape index (κ3) is 4.98. The lowest BCUT2D eigenvalue weighted by molar-refractivity contribution is 0.669. The van der Waals surface area contributed by atoms with Crippen molar-refractivity contribution < 1.29 is 4.42 Å². The van der Waals surface area contributed by atoms with Crippen LogP contribution in [0.25, 0.3) is 71.7 Å². The molecule has 3 heteroatoms. The predicted molar refractivity (Wildman–Crippen MR) is 214 cm³/mol. The monoisotopic (exact) mass is 652 g/mol. The second-order valence-corrected chi connectivity index (χ2v) is 13.0. The van der Waals surface area contributed by atoms with Crippen molar-refractivity contribution in [1.29, 1.82) is 0 Å². The number of aromatic nitrogens is 1. The van der Waals surface area contributed by atoms with Gasteiger partial charge in [0.1, 0.15) is 11.2 Å². The standard InChI is InChI=1S/C48H32N2O/c1-2-14-37(15-3-1)49(39-16-11-13-35(31-39)36-26-29-44-43-20-6-9-23-47(43)51-48(44)32-36)38-27-24-33(25-28-38)34-12-10-17-40(30-34)50-45-21-7-4-18-41(45)42-19-5-8-22-46(42)50/h1-32H. The van der Waals surface area contributed by atoms with Crippen molar-refractivity contribution in [3.05, 3.63) is 194 Å². The lowest BCUT2D eigenvalue weighted by atomic mass is 10.0. The first kappa shape index (κ1) is 29.1. The molecule has 0 saturated heterocycles. The first-order valence-corrected chi connectivity index (χ1v) is 17.3. The maximum Gasteiger partial charge on any atom is 0.136 e. The molecular weight excluding hydrogens is 621 g/mol. The van der Waals surface area contributed by atoms with Crippen molar-refractivity contribution >= 4 is 60.8 Å². The molecule has 2 heterocycles. The molecule has 0 radical (unpaired) electrons. The summed E-state index contributed by atoms with van der Waals surface area (Å²) in [4.78, 5) is 2.32. The van der Waals surface area contributed by atoms with E-state index in [4.69, 9.17) is 4.42 Å². The Morgan fingerprint density at radius 1 is 0.333 bits per heavy atom. The molecule has 2 aromatic heterocycles. The number of fused-ring (bicyclic) bond motifs is 6. The number of nitrogens with zero attached hydrogens (tertiary/aromatic N) is 2. The maximum absolute atomic E-state index is 6.23. The van der Waals surface area contributed by atoms with Crippen LogP contribution in [0.3, 0.4) is 0 Å². The minimum atomic E-state index is 0.900. The van der Waals surface area contributed by atoms with Gasteiger partial charge in [-0.2, -0.15) is 0 Å². The van der Waals surface area contributed by atoms with Gasteiger partial charge >= 0.3 is 0 Å². The Bertz CT molecular complexity index is 2810. The Hall–Kier alpha value is -6.84. The highest BCUT2D eigenvalue weighted by Gasteiger charge is 2.16. The van der Waals surface area contributed by atoms with E-state index in [1.807, 2.05) is 12.1 Å². The van der Waals surface area contributed by atoms with Gasteiger partial charge in [-0.3, -0.25) is 0 Å². The number of hydrogen-bond donors (Lipinski definition) is 0. The smallest absolute Gasteiger partial charge is 0.136 e. The number of benzene rings is 8. The fraction of sp³-hybridized carbons (Fsp3) is 0. The quantitative estimate of drug-likeness (QED) is 0.178. The summed E-state index contributed by atoms with van der Waals surface area (Å²) in [5.41, 5.74) is 13.3. The third-order valence-electron chi connectivity index (χ3n) is 9.97. The Morgan fingerprint density at radius 3 is 1.65 bits per heavy atom. The van der Waals surface area contributed by atoms with E-state index in [1.165, 1.54) is 32.9 Å². The maximum atomic E-state index is 6.23. The second kappa shape index (κ2) is 11.9. The molecule has 0 N–H and O–H groups in total. The molecule has 0 bridgehead atoms. The van der Waals surface area contributed by atoms with E-state index in [1.54, 1.807) is 0 Å². The summed E-state index contributed by atoms with van der Waals surface area (Å²) in [6.07, 6.45) is 0. The summed E-state index contributed by atoms with van der Waals surface area (Å²) in [7, 11) is 0. The minimum absolute atomic E-state index is 0.900.